The van der Waals surface area contributed by atoms with E-state index in [-0.39, 0.29) is 0 Å². The van der Waals surface area contributed by atoms with Crippen molar-refractivity contribution in [2.75, 3.05) is 0 Å². The van der Waals surface area contributed by atoms with Gasteiger partial charge in [-0.15, -0.1) is 5.10 Å². The fourth-order valence-corrected chi connectivity index (χ4v) is 4.48. The maximum Gasteiger partial charge on any atom is 0.228 e. The number of imidazole rings is 1. The van der Waals surface area contributed by atoms with Crippen LogP contribution in [0.15, 0.2) is 61.2 Å². The average molecular weight is 451 g/mol. The van der Waals surface area contributed by atoms with E-state index < -0.39 is 0 Å². The van der Waals surface area contributed by atoms with Crippen molar-refractivity contribution in [3.63, 3.8) is 0 Å². The van der Waals surface area contributed by atoms with Gasteiger partial charge in [0.1, 0.15) is 17.7 Å². The van der Waals surface area contributed by atoms with E-state index in [0.717, 1.165) is 16.6 Å². The minimum absolute atomic E-state index is 0.411. The van der Waals surface area contributed by atoms with E-state index in [1.165, 1.54) is 29.5 Å². The Bertz CT molecular complexity index is 1470. The fourth-order valence-electron chi connectivity index (χ4n) is 4.48. The Morgan fingerprint density at radius 3 is 2.44 bits per heavy atom. The van der Waals surface area contributed by atoms with E-state index in [1.807, 2.05) is 59.0 Å². The summed E-state index contributed by atoms with van der Waals surface area (Å²) in [7, 11) is 1.92. The highest BCUT2D eigenvalue weighted by Crippen LogP contribution is 2.41. The van der Waals surface area contributed by atoms with Gasteiger partial charge in [0.15, 0.2) is 11.5 Å². The van der Waals surface area contributed by atoms with Crippen LogP contribution in [0.5, 0.6) is 5.88 Å². The van der Waals surface area contributed by atoms with Crippen molar-refractivity contribution >= 4 is 11.0 Å². The van der Waals surface area contributed by atoms with Crippen LogP contribution in [0.25, 0.3) is 28.2 Å². The maximum atomic E-state index is 6.20. The fraction of sp³-hybridized carbons (Fsp3) is 0.259. The predicted molar refractivity (Wildman–Crippen MR) is 131 cm³/mol. The molecule has 34 heavy (non-hydrogen) atoms. The predicted octanol–water partition coefficient (Wildman–Crippen LogP) is 5.29. The number of benzene rings is 2. The Morgan fingerprint density at radius 2 is 1.76 bits per heavy atom. The molecular weight excluding hydrogens is 424 g/mol. The number of hydrogen-bond acceptors (Lipinski definition) is 5. The summed E-state index contributed by atoms with van der Waals surface area (Å²) in [6.07, 6.45) is 8.18. The van der Waals surface area contributed by atoms with E-state index >= 15 is 0 Å². The van der Waals surface area contributed by atoms with E-state index in [4.69, 9.17) is 19.8 Å². The number of aromatic nitrogens is 6. The van der Waals surface area contributed by atoms with Gasteiger partial charge in [0, 0.05) is 19.4 Å². The lowest BCUT2D eigenvalue weighted by atomic mass is 10.0. The SMILES string of the molecule is Cc1cc(C2CC2)cc(C)c1-n1cc2c(OCc3ccccc3)nc(-c3cn(C)cn3)nc2n1. The lowest BCUT2D eigenvalue weighted by Crippen LogP contribution is -2.02. The zero-order valence-electron chi connectivity index (χ0n) is 19.6. The van der Waals surface area contributed by atoms with Gasteiger partial charge in [-0.3, -0.25) is 0 Å². The van der Waals surface area contributed by atoms with E-state index in [9.17, 15) is 0 Å². The maximum absolute atomic E-state index is 6.20. The molecule has 170 valence electrons. The molecule has 0 spiro atoms. The molecule has 1 fully saturated rings. The van der Waals surface area contributed by atoms with Crippen LogP contribution in [0.2, 0.25) is 0 Å². The van der Waals surface area contributed by atoms with Crippen molar-refractivity contribution in [3.05, 3.63) is 83.4 Å². The van der Waals surface area contributed by atoms with Gasteiger partial charge in [-0.1, -0.05) is 42.5 Å². The van der Waals surface area contributed by atoms with Gasteiger partial charge < -0.3 is 9.30 Å². The normalized spacial score (nSPS) is 13.5. The summed E-state index contributed by atoms with van der Waals surface area (Å²) in [6, 6.07) is 14.7. The zero-order chi connectivity index (χ0) is 23.2. The van der Waals surface area contributed by atoms with Crippen molar-refractivity contribution < 1.29 is 4.74 Å². The van der Waals surface area contributed by atoms with Gasteiger partial charge in [0.25, 0.3) is 0 Å². The summed E-state index contributed by atoms with van der Waals surface area (Å²) >= 11 is 0. The molecular formula is C27H26N6O. The monoisotopic (exact) mass is 450 g/mol. The van der Waals surface area contributed by atoms with Crippen LogP contribution in [0.1, 0.15) is 41.0 Å². The molecule has 0 radical (unpaired) electrons. The first-order valence-corrected chi connectivity index (χ1v) is 11.6. The summed E-state index contributed by atoms with van der Waals surface area (Å²) in [5.74, 6) is 1.72. The third kappa shape index (κ3) is 3.83. The second kappa shape index (κ2) is 8.09. The summed E-state index contributed by atoms with van der Waals surface area (Å²) in [5, 5.41) is 5.63. The van der Waals surface area contributed by atoms with Crippen molar-refractivity contribution in [1.29, 1.82) is 0 Å². The third-order valence-electron chi connectivity index (χ3n) is 6.29. The Balaban J connectivity index is 1.45. The van der Waals surface area contributed by atoms with Crippen LogP contribution in [-0.2, 0) is 13.7 Å². The average Bonchev–Trinajstić information content (AvgIpc) is 3.46. The van der Waals surface area contributed by atoms with Crippen LogP contribution in [0.3, 0.4) is 0 Å². The molecule has 1 aliphatic rings. The molecule has 0 atom stereocenters. The molecule has 7 nitrogen and oxygen atoms in total. The van der Waals surface area contributed by atoms with Gasteiger partial charge in [-0.2, -0.15) is 4.98 Å². The van der Waals surface area contributed by atoms with Crippen molar-refractivity contribution in [2.24, 2.45) is 7.05 Å². The number of fused-ring (bicyclic) bond motifs is 1. The molecule has 7 heteroatoms. The quantitative estimate of drug-likeness (QED) is 0.352. The molecule has 0 amide bonds. The number of nitrogens with zero attached hydrogens (tertiary/aromatic N) is 6. The Hall–Kier alpha value is -4.00. The highest BCUT2D eigenvalue weighted by atomic mass is 16.5. The van der Waals surface area contributed by atoms with Crippen LogP contribution in [-0.4, -0.2) is 29.3 Å². The molecule has 0 unspecified atom stereocenters. The van der Waals surface area contributed by atoms with Crippen LogP contribution in [0, 0.1) is 13.8 Å². The van der Waals surface area contributed by atoms with Crippen LogP contribution < -0.4 is 4.74 Å². The Kier molecular flexibility index (Phi) is 4.90. The second-order valence-corrected chi connectivity index (χ2v) is 9.14. The highest BCUT2D eigenvalue weighted by Gasteiger charge is 2.25. The van der Waals surface area contributed by atoms with Gasteiger partial charge in [-0.05, 0) is 54.9 Å². The van der Waals surface area contributed by atoms with Gasteiger partial charge in [0.05, 0.1) is 12.0 Å². The second-order valence-electron chi connectivity index (χ2n) is 9.14. The van der Waals surface area contributed by atoms with Crippen molar-refractivity contribution in [3.8, 4) is 23.1 Å². The summed E-state index contributed by atoms with van der Waals surface area (Å²) in [6.45, 7) is 4.71. The topological polar surface area (TPSA) is 70.7 Å². The lowest BCUT2D eigenvalue weighted by molar-refractivity contribution is 0.298. The lowest BCUT2D eigenvalue weighted by Gasteiger charge is -2.12. The van der Waals surface area contributed by atoms with E-state index in [1.54, 1.807) is 6.33 Å². The largest absolute Gasteiger partial charge is 0.472 e. The van der Waals surface area contributed by atoms with E-state index in [2.05, 4.69) is 31.0 Å². The Morgan fingerprint density at radius 1 is 1.00 bits per heavy atom. The number of hydrogen-bond donors (Lipinski definition) is 0. The van der Waals surface area contributed by atoms with Gasteiger partial charge >= 0.3 is 0 Å². The highest BCUT2D eigenvalue weighted by molar-refractivity contribution is 5.82. The first kappa shape index (κ1) is 20.6. The minimum Gasteiger partial charge on any atom is -0.472 e. The summed E-state index contributed by atoms with van der Waals surface area (Å²) in [4.78, 5) is 13.9. The molecule has 3 aromatic heterocycles. The van der Waals surface area contributed by atoms with Crippen LogP contribution in [0.4, 0.5) is 0 Å². The first-order chi connectivity index (χ1) is 16.5. The zero-order valence-corrected chi connectivity index (χ0v) is 19.6. The standard InChI is InChI=1S/C27H26N6O/c1-17-11-21(20-9-10-20)12-18(2)24(17)33-13-22-25(31-33)29-26(23-14-32(3)16-28-23)30-27(22)34-15-19-7-5-4-6-8-19/h4-8,11-14,16,20H,9-10,15H2,1-3H3. The smallest absolute Gasteiger partial charge is 0.228 e. The molecule has 3 heterocycles. The molecule has 0 aliphatic heterocycles. The van der Waals surface area contributed by atoms with Gasteiger partial charge in [0.2, 0.25) is 5.88 Å². The number of aryl methyl sites for hydroxylation is 3. The first-order valence-electron chi connectivity index (χ1n) is 11.6. The van der Waals surface area contributed by atoms with Crippen molar-refractivity contribution in [2.45, 2.75) is 39.2 Å². The molecule has 0 bridgehead atoms. The molecule has 6 rings (SSSR count). The molecule has 5 aromatic rings. The Labute approximate surface area is 198 Å². The minimum atomic E-state index is 0.411. The molecule has 0 saturated heterocycles. The molecule has 1 aliphatic carbocycles. The summed E-state index contributed by atoms with van der Waals surface area (Å²) < 4.78 is 9.99. The third-order valence-corrected chi connectivity index (χ3v) is 6.29. The van der Waals surface area contributed by atoms with Crippen LogP contribution >= 0.6 is 0 Å². The molecule has 0 N–H and O–H groups in total. The van der Waals surface area contributed by atoms with Crippen molar-refractivity contribution in [1.82, 2.24) is 29.3 Å². The molecule has 2 aromatic carbocycles. The summed E-state index contributed by atoms with van der Waals surface area (Å²) in [5.41, 5.74) is 7.27. The van der Waals surface area contributed by atoms with Gasteiger partial charge in [-0.25, -0.2) is 14.6 Å². The molecule has 1 saturated carbocycles. The van der Waals surface area contributed by atoms with E-state index in [0.29, 0.717) is 35.6 Å². The number of rotatable bonds is 6. The number of ether oxygens (including phenoxy) is 1.